The highest BCUT2D eigenvalue weighted by atomic mass is 19.1. The van der Waals surface area contributed by atoms with E-state index in [2.05, 4.69) is 10.6 Å². The predicted molar refractivity (Wildman–Crippen MR) is 60.9 cm³/mol. The van der Waals surface area contributed by atoms with Crippen LogP contribution in [0, 0.1) is 12.7 Å². The summed E-state index contributed by atoms with van der Waals surface area (Å²) in [5, 5.41) is 5.23. The van der Waals surface area contributed by atoms with E-state index in [9.17, 15) is 14.0 Å². The third kappa shape index (κ3) is 2.61. The Morgan fingerprint density at radius 1 is 1.53 bits per heavy atom. The summed E-state index contributed by atoms with van der Waals surface area (Å²) in [6, 6.07) is 3.88. The smallest absolute Gasteiger partial charge is 0.246 e. The molecule has 1 aliphatic heterocycles. The number of halogens is 1. The molecule has 0 aliphatic carbocycles. The van der Waals surface area contributed by atoms with Gasteiger partial charge in [-0.3, -0.25) is 9.59 Å². The van der Waals surface area contributed by atoms with Gasteiger partial charge >= 0.3 is 0 Å². The van der Waals surface area contributed by atoms with E-state index in [0.717, 1.165) is 0 Å². The molecule has 4 nitrogen and oxygen atoms in total. The average Bonchev–Trinajstić information content (AvgIpc) is 2.70. The number of aryl methyl sites for hydroxylation is 1. The summed E-state index contributed by atoms with van der Waals surface area (Å²) in [5.41, 5.74) is 1.01. The molecule has 90 valence electrons. The molecule has 1 fully saturated rings. The molecule has 0 bridgehead atoms. The second-order valence-corrected chi connectivity index (χ2v) is 4.11. The van der Waals surface area contributed by atoms with E-state index in [1.165, 1.54) is 12.1 Å². The van der Waals surface area contributed by atoms with Gasteiger partial charge in [-0.2, -0.15) is 0 Å². The van der Waals surface area contributed by atoms with Crippen LogP contribution < -0.4 is 10.6 Å². The van der Waals surface area contributed by atoms with Gasteiger partial charge in [0.25, 0.3) is 0 Å². The highest BCUT2D eigenvalue weighted by Gasteiger charge is 2.27. The second kappa shape index (κ2) is 4.53. The van der Waals surface area contributed by atoms with E-state index in [4.69, 9.17) is 0 Å². The third-order valence-electron chi connectivity index (χ3n) is 2.74. The second-order valence-electron chi connectivity index (χ2n) is 4.11. The van der Waals surface area contributed by atoms with Crippen molar-refractivity contribution < 1.29 is 14.0 Å². The van der Waals surface area contributed by atoms with Crippen molar-refractivity contribution in [1.29, 1.82) is 0 Å². The van der Waals surface area contributed by atoms with Crippen LogP contribution in [0.3, 0.4) is 0 Å². The van der Waals surface area contributed by atoms with Crippen LogP contribution in [0.25, 0.3) is 0 Å². The Hall–Kier alpha value is -1.91. The Morgan fingerprint density at radius 3 is 2.88 bits per heavy atom. The van der Waals surface area contributed by atoms with Crippen molar-refractivity contribution in [1.82, 2.24) is 5.32 Å². The molecule has 1 heterocycles. The van der Waals surface area contributed by atoms with Gasteiger partial charge in [0.2, 0.25) is 11.8 Å². The van der Waals surface area contributed by atoms with E-state index in [1.807, 2.05) is 0 Å². The molecular weight excluding hydrogens is 223 g/mol. The number of benzene rings is 1. The molecule has 2 rings (SSSR count). The van der Waals surface area contributed by atoms with Crippen LogP contribution in [-0.4, -0.2) is 17.9 Å². The van der Waals surface area contributed by atoms with Gasteiger partial charge in [-0.15, -0.1) is 0 Å². The first-order chi connectivity index (χ1) is 8.06. The molecule has 1 saturated heterocycles. The Balaban J connectivity index is 2.03. The minimum absolute atomic E-state index is 0.111. The number of hydrogen-bond donors (Lipinski definition) is 2. The number of hydrogen-bond acceptors (Lipinski definition) is 2. The van der Waals surface area contributed by atoms with Crippen LogP contribution in [0.5, 0.6) is 0 Å². The predicted octanol–water partition coefficient (Wildman–Crippen LogP) is 1.35. The minimum atomic E-state index is -0.479. The van der Waals surface area contributed by atoms with E-state index in [1.54, 1.807) is 13.0 Å². The lowest BCUT2D eigenvalue weighted by Crippen LogP contribution is -2.37. The number of amides is 2. The van der Waals surface area contributed by atoms with Gasteiger partial charge in [0.15, 0.2) is 0 Å². The summed E-state index contributed by atoms with van der Waals surface area (Å²) >= 11 is 0. The Kier molecular flexibility index (Phi) is 3.08. The van der Waals surface area contributed by atoms with Gasteiger partial charge in [0, 0.05) is 12.1 Å². The number of anilines is 1. The first-order valence-corrected chi connectivity index (χ1v) is 5.42. The van der Waals surface area contributed by atoms with Crippen molar-refractivity contribution in [3.8, 4) is 0 Å². The number of rotatable bonds is 2. The van der Waals surface area contributed by atoms with E-state index in [0.29, 0.717) is 24.1 Å². The van der Waals surface area contributed by atoms with Gasteiger partial charge in [-0.1, -0.05) is 0 Å². The van der Waals surface area contributed by atoms with Crippen molar-refractivity contribution >= 4 is 17.5 Å². The molecule has 0 radical (unpaired) electrons. The van der Waals surface area contributed by atoms with Gasteiger partial charge in [0.1, 0.15) is 11.9 Å². The van der Waals surface area contributed by atoms with Crippen LogP contribution in [0.15, 0.2) is 18.2 Å². The van der Waals surface area contributed by atoms with E-state index < -0.39 is 6.04 Å². The van der Waals surface area contributed by atoms with Gasteiger partial charge in [-0.05, 0) is 37.1 Å². The SMILES string of the molecule is Cc1cc(NC(=O)C2CCC(=O)N2)ccc1F. The molecule has 1 aromatic carbocycles. The Morgan fingerprint density at radius 2 is 2.29 bits per heavy atom. The summed E-state index contributed by atoms with van der Waals surface area (Å²) in [7, 11) is 0. The highest BCUT2D eigenvalue weighted by Crippen LogP contribution is 2.15. The van der Waals surface area contributed by atoms with Crippen LogP contribution in [-0.2, 0) is 9.59 Å². The lowest BCUT2D eigenvalue weighted by molar-refractivity contribution is -0.122. The van der Waals surface area contributed by atoms with Crippen LogP contribution >= 0.6 is 0 Å². The Labute approximate surface area is 98.2 Å². The molecule has 2 amide bonds. The molecule has 1 atom stereocenters. The van der Waals surface area contributed by atoms with Gasteiger partial charge in [-0.25, -0.2) is 4.39 Å². The van der Waals surface area contributed by atoms with Crippen LogP contribution in [0.4, 0.5) is 10.1 Å². The van der Waals surface area contributed by atoms with Crippen molar-refractivity contribution in [2.45, 2.75) is 25.8 Å². The zero-order valence-electron chi connectivity index (χ0n) is 9.42. The lowest BCUT2D eigenvalue weighted by Gasteiger charge is -2.11. The summed E-state index contributed by atoms with van der Waals surface area (Å²) in [6.07, 6.45) is 0.880. The quantitative estimate of drug-likeness (QED) is 0.814. The lowest BCUT2D eigenvalue weighted by atomic mass is 10.2. The highest BCUT2D eigenvalue weighted by molar-refractivity contribution is 5.98. The van der Waals surface area contributed by atoms with Gasteiger partial charge < -0.3 is 10.6 Å². The van der Waals surface area contributed by atoms with Crippen molar-refractivity contribution in [3.05, 3.63) is 29.6 Å². The zero-order chi connectivity index (χ0) is 12.4. The fourth-order valence-corrected chi connectivity index (χ4v) is 1.76. The minimum Gasteiger partial charge on any atom is -0.344 e. The number of carbonyl (C=O) groups is 2. The molecular formula is C12H13FN2O2. The fraction of sp³-hybridized carbons (Fsp3) is 0.333. The largest absolute Gasteiger partial charge is 0.344 e. The summed E-state index contributed by atoms with van der Waals surface area (Å²) in [4.78, 5) is 22.7. The average molecular weight is 236 g/mol. The normalized spacial score (nSPS) is 18.9. The molecule has 2 N–H and O–H groups in total. The van der Waals surface area contributed by atoms with Crippen LogP contribution in [0.2, 0.25) is 0 Å². The summed E-state index contributed by atoms with van der Waals surface area (Å²) < 4.78 is 13.0. The van der Waals surface area contributed by atoms with Crippen molar-refractivity contribution in [3.63, 3.8) is 0 Å². The first-order valence-electron chi connectivity index (χ1n) is 5.42. The summed E-state index contributed by atoms with van der Waals surface area (Å²) in [6.45, 7) is 1.63. The van der Waals surface area contributed by atoms with Gasteiger partial charge in [0.05, 0.1) is 0 Å². The molecule has 0 spiro atoms. The van der Waals surface area contributed by atoms with Crippen molar-refractivity contribution in [2.75, 3.05) is 5.32 Å². The third-order valence-corrected chi connectivity index (χ3v) is 2.74. The number of nitrogens with one attached hydrogen (secondary N) is 2. The monoisotopic (exact) mass is 236 g/mol. The van der Waals surface area contributed by atoms with E-state index >= 15 is 0 Å². The fourth-order valence-electron chi connectivity index (χ4n) is 1.76. The number of carbonyl (C=O) groups excluding carboxylic acids is 2. The first kappa shape index (κ1) is 11.6. The Bertz CT molecular complexity index is 474. The molecule has 1 unspecified atom stereocenters. The zero-order valence-corrected chi connectivity index (χ0v) is 9.42. The van der Waals surface area contributed by atoms with Crippen LogP contribution in [0.1, 0.15) is 18.4 Å². The molecule has 5 heteroatoms. The standard InChI is InChI=1S/C12H13FN2O2/c1-7-6-8(2-3-9(7)13)14-12(17)10-4-5-11(16)15-10/h2-3,6,10H,4-5H2,1H3,(H,14,17)(H,15,16). The maximum Gasteiger partial charge on any atom is 0.246 e. The van der Waals surface area contributed by atoms with Crippen molar-refractivity contribution in [2.24, 2.45) is 0 Å². The molecule has 0 aromatic heterocycles. The molecule has 17 heavy (non-hydrogen) atoms. The molecule has 1 aromatic rings. The maximum atomic E-state index is 13.0. The molecule has 1 aliphatic rings. The summed E-state index contributed by atoms with van der Waals surface area (Å²) in [5.74, 6) is -0.681. The topological polar surface area (TPSA) is 58.2 Å². The maximum absolute atomic E-state index is 13.0. The van der Waals surface area contributed by atoms with E-state index in [-0.39, 0.29) is 17.6 Å². The molecule has 0 saturated carbocycles.